The summed E-state index contributed by atoms with van der Waals surface area (Å²) in [5, 5.41) is 6.03. The van der Waals surface area contributed by atoms with Crippen molar-refractivity contribution in [1.29, 1.82) is 0 Å². The molecule has 0 spiro atoms. The molecule has 0 aliphatic heterocycles. The minimum atomic E-state index is -0.639. The second-order valence-electron chi connectivity index (χ2n) is 8.13. The van der Waals surface area contributed by atoms with Gasteiger partial charge in [0, 0.05) is 6.04 Å². The van der Waals surface area contributed by atoms with E-state index in [0.29, 0.717) is 23.4 Å². The molecule has 3 rings (SSSR count). The summed E-state index contributed by atoms with van der Waals surface area (Å²) >= 11 is 0. The van der Waals surface area contributed by atoms with Crippen LogP contribution in [0.25, 0.3) is 0 Å². The second kappa shape index (κ2) is 10.3. The van der Waals surface area contributed by atoms with Crippen molar-refractivity contribution < 1.29 is 14.3 Å². The SMILES string of the molecule is CC[C@H](Oc1cc(C)ccc1C)C(=O)Nc1ccccc1C(=O)NC1CCCCC1. The molecule has 5 nitrogen and oxygen atoms in total. The summed E-state index contributed by atoms with van der Waals surface area (Å²) in [7, 11) is 0. The van der Waals surface area contributed by atoms with Gasteiger partial charge in [0.05, 0.1) is 11.3 Å². The highest BCUT2D eigenvalue weighted by atomic mass is 16.5. The molecule has 1 atom stereocenters. The largest absolute Gasteiger partial charge is 0.480 e. The lowest BCUT2D eigenvalue weighted by molar-refractivity contribution is -0.122. The molecular formula is C25H32N2O3. The molecule has 1 fully saturated rings. The highest BCUT2D eigenvalue weighted by molar-refractivity contribution is 6.04. The van der Waals surface area contributed by atoms with Crippen molar-refractivity contribution >= 4 is 17.5 Å². The number of hydrogen-bond donors (Lipinski definition) is 2. The molecule has 0 heterocycles. The zero-order valence-electron chi connectivity index (χ0n) is 18.2. The van der Waals surface area contributed by atoms with Crippen molar-refractivity contribution in [2.24, 2.45) is 0 Å². The summed E-state index contributed by atoms with van der Waals surface area (Å²) in [6, 6.07) is 13.3. The number of ether oxygens (including phenoxy) is 1. The van der Waals surface area contributed by atoms with Crippen LogP contribution in [0.3, 0.4) is 0 Å². The predicted octanol–water partition coefficient (Wildman–Crippen LogP) is 5.16. The van der Waals surface area contributed by atoms with Crippen LogP contribution in [0.15, 0.2) is 42.5 Å². The normalized spacial score (nSPS) is 15.3. The summed E-state index contributed by atoms with van der Waals surface area (Å²) in [5.74, 6) is 0.318. The average molecular weight is 409 g/mol. The highest BCUT2D eigenvalue weighted by Gasteiger charge is 2.23. The van der Waals surface area contributed by atoms with Crippen molar-refractivity contribution in [2.45, 2.75) is 71.4 Å². The minimum absolute atomic E-state index is 0.138. The lowest BCUT2D eigenvalue weighted by atomic mass is 9.95. The first-order valence-electron chi connectivity index (χ1n) is 10.9. The maximum Gasteiger partial charge on any atom is 0.265 e. The van der Waals surface area contributed by atoms with Crippen LogP contribution in [0.4, 0.5) is 5.69 Å². The number of hydrogen-bond acceptors (Lipinski definition) is 3. The van der Waals surface area contributed by atoms with Gasteiger partial charge in [-0.2, -0.15) is 0 Å². The third-order valence-electron chi connectivity index (χ3n) is 5.65. The van der Waals surface area contributed by atoms with Crippen molar-refractivity contribution in [3.63, 3.8) is 0 Å². The summed E-state index contributed by atoms with van der Waals surface area (Å²) in [4.78, 5) is 25.8. The van der Waals surface area contributed by atoms with Gasteiger partial charge in [0.1, 0.15) is 5.75 Å². The molecule has 1 aliphatic rings. The van der Waals surface area contributed by atoms with Crippen LogP contribution in [0.1, 0.15) is 66.9 Å². The first-order chi connectivity index (χ1) is 14.5. The van der Waals surface area contributed by atoms with Gasteiger partial charge in [-0.25, -0.2) is 0 Å². The number of aryl methyl sites for hydroxylation is 2. The van der Waals surface area contributed by atoms with Gasteiger partial charge in [-0.15, -0.1) is 0 Å². The Kier molecular flexibility index (Phi) is 7.50. The molecule has 160 valence electrons. The molecule has 1 saturated carbocycles. The van der Waals surface area contributed by atoms with E-state index in [2.05, 4.69) is 10.6 Å². The number of amides is 2. The van der Waals surface area contributed by atoms with Crippen molar-refractivity contribution in [1.82, 2.24) is 5.32 Å². The Morgan fingerprint density at radius 3 is 2.53 bits per heavy atom. The van der Waals surface area contributed by atoms with Gasteiger partial charge in [-0.3, -0.25) is 9.59 Å². The first kappa shape index (κ1) is 21.9. The van der Waals surface area contributed by atoms with Crippen LogP contribution in [0.2, 0.25) is 0 Å². The van der Waals surface area contributed by atoms with Crippen molar-refractivity contribution in [2.75, 3.05) is 5.32 Å². The van der Waals surface area contributed by atoms with E-state index < -0.39 is 6.10 Å². The van der Waals surface area contributed by atoms with Gasteiger partial charge in [0.25, 0.3) is 11.8 Å². The van der Waals surface area contributed by atoms with E-state index in [1.807, 2.05) is 51.1 Å². The van der Waals surface area contributed by atoms with Crippen molar-refractivity contribution in [3.8, 4) is 5.75 Å². The minimum Gasteiger partial charge on any atom is -0.480 e. The summed E-state index contributed by atoms with van der Waals surface area (Å²) in [5.41, 5.74) is 3.06. The van der Waals surface area contributed by atoms with E-state index in [1.54, 1.807) is 12.1 Å². The Hall–Kier alpha value is -2.82. The smallest absolute Gasteiger partial charge is 0.265 e. The van der Waals surface area contributed by atoms with Gasteiger partial charge in [0.2, 0.25) is 0 Å². The van der Waals surface area contributed by atoms with Gasteiger partial charge in [-0.05, 0) is 62.4 Å². The third-order valence-corrected chi connectivity index (χ3v) is 5.65. The van der Waals surface area contributed by atoms with Crippen LogP contribution >= 0.6 is 0 Å². The molecule has 2 aromatic rings. The lowest BCUT2D eigenvalue weighted by Crippen LogP contribution is -2.37. The molecule has 2 amide bonds. The molecule has 0 bridgehead atoms. The summed E-state index contributed by atoms with van der Waals surface area (Å²) in [6.07, 6.45) is 5.45. The zero-order chi connectivity index (χ0) is 21.5. The molecule has 1 aliphatic carbocycles. The van der Waals surface area contributed by atoms with Crippen LogP contribution in [0.5, 0.6) is 5.75 Å². The molecular weight excluding hydrogens is 376 g/mol. The zero-order valence-corrected chi connectivity index (χ0v) is 18.2. The highest BCUT2D eigenvalue weighted by Crippen LogP contribution is 2.23. The fraction of sp³-hybridized carbons (Fsp3) is 0.440. The summed E-state index contributed by atoms with van der Waals surface area (Å²) in [6.45, 7) is 5.87. The second-order valence-corrected chi connectivity index (χ2v) is 8.13. The average Bonchev–Trinajstić information content (AvgIpc) is 2.75. The molecule has 2 aromatic carbocycles. The number of carbonyl (C=O) groups is 2. The van der Waals surface area contributed by atoms with Crippen LogP contribution in [-0.4, -0.2) is 24.0 Å². The number of carbonyl (C=O) groups excluding carboxylic acids is 2. The van der Waals surface area contributed by atoms with Crippen molar-refractivity contribution in [3.05, 3.63) is 59.2 Å². The van der Waals surface area contributed by atoms with E-state index in [-0.39, 0.29) is 17.9 Å². The number of anilines is 1. The Morgan fingerprint density at radius 1 is 1.07 bits per heavy atom. The molecule has 0 saturated heterocycles. The van der Waals surface area contributed by atoms with Gasteiger partial charge in [-0.1, -0.05) is 50.5 Å². The number of benzene rings is 2. The lowest BCUT2D eigenvalue weighted by Gasteiger charge is -2.23. The van der Waals surface area contributed by atoms with Gasteiger partial charge < -0.3 is 15.4 Å². The standard InChI is InChI=1S/C25H32N2O3/c1-4-22(30-23-16-17(2)14-15-18(23)3)25(29)27-21-13-9-8-12-20(21)24(28)26-19-10-6-5-7-11-19/h8-9,12-16,19,22H,4-7,10-11H2,1-3H3,(H,26,28)(H,27,29)/t22-/m0/s1. The number of para-hydroxylation sites is 1. The monoisotopic (exact) mass is 408 g/mol. The Labute approximate surface area is 179 Å². The van der Waals surface area contributed by atoms with E-state index in [4.69, 9.17) is 4.74 Å². The Morgan fingerprint density at radius 2 is 1.80 bits per heavy atom. The third kappa shape index (κ3) is 5.62. The van der Waals surface area contributed by atoms with Gasteiger partial charge in [0.15, 0.2) is 6.10 Å². The van der Waals surface area contributed by atoms with E-state index in [0.717, 1.165) is 36.8 Å². The maximum absolute atomic E-state index is 12.9. The summed E-state index contributed by atoms with van der Waals surface area (Å²) < 4.78 is 6.02. The number of rotatable bonds is 7. The molecule has 2 N–H and O–H groups in total. The molecule has 30 heavy (non-hydrogen) atoms. The number of nitrogens with one attached hydrogen (secondary N) is 2. The molecule has 5 heteroatoms. The fourth-order valence-electron chi connectivity index (χ4n) is 3.82. The van der Waals surface area contributed by atoms with Crippen LogP contribution < -0.4 is 15.4 Å². The Bertz CT molecular complexity index is 888. The van der Waals surface area contributed by atoms with Crippen LogP contribution in [-0.2, 0) is 4.79 Å². The molecule has 0 aromatic heterocycles. The molecule has 0 unspecified atom stereocenters. The van der Waals surface area contributed by atoms with Gasteiger partial charge >= 0.3 is 0 Å². The van der Waals surface area contributed by atoms with E-state index in [9.17, 15) is 9.59 Å². The topological polar surface area (TPSA) is 67.4 Å². The first-order valence-corrected chi connectivity index (χ1v) is 10.9. The van der Waals surface area contributed by atoms with E-state index >= 15 is 0 Å². The Balaban J connectivity index is 1.70. The predicted molar refractivity (Wildman–Crippen MR) is 120 cm³/mol. The maximum atomic E-state index is 12.9. The fourth-order valence-corrected chi connectivity index (χ4v) is 3.82. The van der Waals surface area contributed by atoms with E-state index in [1.165, 1.54) is 6.42 Å². The molecule has 0 radical (unpaired) electrons. The van der Waals surface area contributed by atoms with Crippen LogP contribution in [0, 0.1) is 13.8 Å². The quantitative estimate of drug-likeness (QED) is 0.665.